The van der Waals surface area contributed by atoms with E-state index in [0.29, 0.717) is 24.5 Å². The molecule has 9 heteroatoms. The van der Waals surface area contributed by atoms with Crippen molar-refractivity contribution < 1.29 is 27.5 Å². The van der Waals surface area contributed by atoms with Crippen molar-refractivity contribution in [2.75, 3.05) is 43.2 Å². The lowest BCUT2D eigenvalue weighted by Gasteiger charge is -2.24. The Balaban J connectivity index is 2.93. The predicted octanol–water partition coefficient (Wildman–Crippen LogP) is 0.991. The van der Waals surface area contributed by atoms with Gasteiger partial charge in [0.15, 0.2) is 0 Å². The number of hydrogen-bond acceptors (Lipinski definition) is 7. The Morgan fingerprint density at radius 1 is 1.08 bits per heavy atom. The number of ether oxygens (including phenoxy) is 2. The van der Waals surface area contributed by atoms with E-state index in [4.69, 9.17) is 0 Å². The lowest BCUT2D eigenvalue weighted by molar-refractivity contribution is -0.140. The number of sulfonamides is 1. The van der Waals surface area contributed by atoms with Crippen LogP contribution >= 0.6 is 0 Å². The highest BCUT2D eigenvalue weighted by Gasteiger charge is 2.13. The Hall–Kier alpha value is -2.29. The Morgan fingerprint density at radius 3 is 2.08 bits per heavy atom. The fraction of sp³-hybridized carbons (Fsp3) is 0.467. The summed E-state index contributed by atoms with van der Waals surface area (Å²) >= 11 is 0. The fourth-order valence-electron chi connectivity index (χ4n) is 2.01. The van der Waals surface area contributed by atoms with Crippen LogP contribution in [0.2, 0.25) is 0 Å². The molecule has 8 nitrogen and oxygen atoms in total. The molecule has 1 aromatic carbocycles. The predicted molar refractivity (Wildman–Crippen MR) is 90.4 cm³/mol. The number of rotatable bonds is 9. The third-order valence-corrected chi connectivity index (χ3v) is 3.75. The number of benzene rings is 1. The van der Waals surface area contributed by atoms with Crippen LogP contribution in [0, 0.1) is 0 Å². The molecule has 0 saturated heterocycles. The summed E-state index contributed by atoms with van der Waals surface area (Å²) in [5.41, 5.74) is 1.08. The first-order valence-electron chi connectivity index (χ1n) is 7.21. The van der Waals surface area contributed by atoms with E-state index in [-0.39, 0.29) is 24.8 Å². The molecule has 0 fully saturated rings. The summed E-state index contributed by atoms with van der Waals surface area (Å²) < 4.78 is 34.3. The van der Waals surface area contributed by atoms with Crippen LogP contribution < -0.4 is 9.62 Å². The van der Waals surface area contributed by atoms with Crippen LogP contribution in [0.4, 0.5) is 11.4 Å². The van der Waals surface area contributed by atoms with Crippen molar-refractivity contribution in [3.05, 3.63) is 24.3 Å². The Kier molecular flexibility index (Phi) is 7.50. The van der Waals surface area contributed by atoms with Crippen molar-refractivity contribution in [2.24, 2.45) is 0 Å². The number of nitrogens with zero attached hydrogens (tertiary/aromatic N) is 1. The number of nitrogens with one attached hydrogen (secondary N) is 1. The lowest BCUT2D eigenvalue weighted by atomic mass is 10.2. The molecular formula is C15H22N2O6S. The number of esters is 2. The van der Waals surface area contributed by atoms with Gasteiger partial charge in [0, 0.05) is 18.8 Å². The molecule has 24 heavy (non-hydrogen) atoms. The SMILES string of the molecule is COC(=O)CCN(CCC(=O)OC)c1cccc(NS(C)(=O)=O)c1. The van der Waals surface area contributed by atoms with Gasteiger partial charge < -0.3 is 14.4 Å². The first-order valence-corrected chi connectivity index (χ1v) is 9.10. The molecule has 0 aromatic heterocycles. The zero-order valence-corrected chi connectivity index (χ0v) is 14.8. The standard InChI is InChI=1S/C15H22N2O6S/c1-22-14(18)7-9-17(10-8-15(19)23-2)13-6-4-5-12(11-13)16-24(3,20)21/h4-6,11,16H,7-10H2,1-3H3. The quantitative estimate of drug-likeness (QED) is 0.657. The van der Waals surface area contributed by atoms with E-state index in [9.17, 15) is 18.0 Å². The highest BCUT2D eigenvalue weighted by atomic mass is 32.2. The molecule has 0 heterocycles. The van der Waals surface area contributed by atoms with E-state index in [1.165, 1.54) is 14.2 Å². The molecule has 0 aliphatic heterocycles. The summed E-state index contributed by atoms with van der Waals surface area (Å²) in [5, 5.41) is 0. The van der Waals surface area contributed by atoms with E-state index in [0.717, 1.165) is 6.26 Å². The number of carbonyl (C=O) groups excluding carboxylic acids is 2. The minimum absolute atomic E-state index is 0.140. The second-order valence-electron chi connectivity index (χ2n) is 5.06. The largest absolute Gasteiger partial charge is 0.469 e. The highest BCUT2D eigenvalue weighted by Crippen LogP contribution is 2.21. The van der Waals surface area contributed by atoms with Crippen LogP contribution in [-0.4, -0.2) is 53.9 Å². The molecule has 0 bridgehead atoms. The molecule has 0 spiro atoms. The summed E-state index contributed by atoms with van der Waals surface area (Å²) in [6.45, 7) is 0.651. The third-order valence-electron chi connectivity index (χ3n) is 3.14. The minimum atomic E-state index is -3.40. The maximum Gasteiger partial charge on any atom is 0.307 e. The maximum absolute atomic E-state index is 11.4. The summed E-state index contributed by atoms with van der Waals surface area (Å²) in [6, 6.07) is 6.70. The van der Waals surface area contributed by atoms with E-state index >= 15 is 0 Å². The summed E-state index contributed by atoms with van der Waals surface area (Å²) in [6.07, 6.45) is 1.34. The average Bonchev–Trinajstić information content (AvgIpc) is 2.52. The molecule has 0 saturated carbocycles. The van der Waals surface area contributed by atoms with Crippen molar-refractivity contribution in [3.8, 4) is 0 Å². The van der Waals surface area contributed by atoms with Gasteiger partial charge in [-0.1, -0.05) is 6.07 Å². The van der Waals surface area contributed by atoms with Crippen LogP contribution in [0.5, 0.6) is 0 Å². The maximum atomic E-state index is 11.4. The van der Waals surface area contributed by atoms with Gasteiger partial charge in [0.1, 0.15) is 0 Å². The molecule has 0 amide bonds. The lowest BCUT2D eigenvalue weighted by Crippen LogP contribution is -2.29. The van der Waals surface area contributed by atoms with Crippen molar-refractivity contribution >= 4 is 33.3 Å². The van der Waals surface area contributed by atoms with Crippen LogP contribution in [0.3, 0.4) is 0 Å². The molecule has 1 N–H and O–H groups in total. The third kappa shape index (κ3) is 7.32. The van der Waals surface area contributed by atoms with Gasteiger partial charge in [0.05, 0.1) is 39.0 Å². The molecule has 0 atom stereocenters. The molecule has 134 valence electrons. The van der Waals surface area contributed by atoms with Crippen molar-refractivity contribution in [1.29, 1.82) is 0 Å². The van der Waals surface area contributed by atoms with Gasteiger partial charge in [0.2, 0.25) is 10.0 Å². The van der Waals surface area contributed by atoms with Crippen molar-refractivity contribution in [1.82, 2.24) is 0 Å². The van der Waals surface area contributed by atoms with Crippen molar-refractivity contribution in [3.63, 3.8) is 0 Å². The van der Waals surface area contributed by atoms with Crippen molar-refractivity contribution in [2.45, 2.75) is 12.8 Å². The number of anilines is 2. The van der Waals surface area contributed by atoms with Gasteiger partial charge in [0.25, 0.3) is 0 Å². The first-order chi connectivity index (χ1) is 11.2. The number of methoxy groups -OCH3 is 2. The van der Waals surface area contributed by atoms with Gasteiger partial charge in [-0.3, -0.25) is 14.3 Å². The summed E-state index contributed by atoms with van der Waals surface area (Å²) in [5.74, 6) is -0.744. The smallest absolute Gasteiger partial charge is 0.307 e. The highest BCUT2D eigenvalue weighted by molar-refractivity contribution is 7.92. The Morgan fingerprint density at radius 2 is 1.62 bits per heavy atom. The van der Waals surface area contributed by atoms with Gasteiger partial charge in [-0.2, -0.15) is 0 Å². The fourth-order valence-corrected chi connectivity index (χ4v) is 2.56. The second kappa shape index (κ2) is 9.11. The molecule has 1 aromatic rings. The normalized spacial score (nSPS) is 10.8. The van der Waals surface area contributed by atoms with Crippen LogP contribution in [0.15, 0.2) is 24.3 Å². The summed E-state index contributed by atoms with van der Waals surface area (Å²) in [7, 11) is -0.789. The number of hydrogen-bond donors (Lipinski definition) is 1. The van der Waals surface area contributed by atoms with Crippen LogP contribution in [-0.2, 0) is 29.1 Å². The molecule has 0 aliphatic rings. The van der Waals surface area contributed by atoms with E-state index in [1.54, 1.807) is 29.2 Å². The average molecular weight is 358 g/mol. The topological polar surface area (TPSA) is 102 Å². The second-order valence-corrected chi connectivity index (χ2v) is 6.81. The van der Waals surface area contributed by atoms with Gasteiger partial charge >= 0.3 is 11.9 Å². The first kappa shape index (κ1) is 19.8. The molecular weight excluding hydrogens is 336 g/mol. The Bertz CT molecular complexity index is 654. The molecule has 1 rings (SSSR count). The molecule has 0 unspecified atom stereocenters. The summed E-state index contributed by atoms with van der Waals surface area (Å²) in [4.78, 5) is 24.5. The molecule has 0 aliphatic carbocycles. The number of carbonyl (C=O) groups is 2. The van der Waals surface area contributed by atoms with E-state index < -0.39 is 10.0 Å². The zero-order chi connectivity index (χ0) is 18.2. The molecule has 0 radical (unpaired) electrons. The van der Waals surface area contributed by atoms with Gasteiger partial charge in [-0.25, -0.2) is 8.42 Å². The van der Waals surface area contributed by atoms with Crippen LogP contribution in [0.1, 0.15) is 12.8 Å². The van der Waals surface area contributed by atoms with Gasteiger partial charge in [-0.05, 0) is 18.2 Å². The monoisotopic (exact) mass is 358 g/mol. The van der Waals surface area contributed by atoms with Gasteiger partial charge in [-0.15, -0.1) is 0 Å². The Labute approximate surface area is 141 Å². The van der Waals surface area contributed by atoms with E-state index in [2.05, 4.69) is 14.2 Å². The minimum Gasteiger partial charge on any atom is -0.469 e. The van der Waals surface area contributed by atoms with Crippen LogP contribution in [0.25, 0.3) is 0 Å². The zero-order valence-electron chi connectivity index (χ0n) is 13.9. The van der Waals surface area contributed by atoms with E-state index in [1.807, 2.05) is 0 Å².